The zero-order valence-electron chi connectivity index (χ0n) is 29.2. The maximum atomic E-state index is 12.1. The summed E-state index contributed by atoms with van der Waals surface area (Å²) in [6.07, 6.45) is 10.2. The lowest BCUT2D eigenvalue weighted by Gasteiger charge is -2.23. The molecule has 260 valence electrons. The number of esters is 1. The van der Waals surface area contributed by atoms with Gasteiger partial charge in [0.15, 0.2) is 0 Å². The second-order valence-corrected chi connectivity index (χ2v) is 12.2. The first-order valence-corrected chi connectivity index (χ1v) is 16.8. The molecule has 0 radical (unpaired) electrons. The van der Waals surface area contributed by atoms with Crippen molar-refractivity contribution in [1.29, 1.82) is 0 Å². The van der Waals surface area contributed by atoms with Crippen molar-refractivity contribution in [3.8, 4) is 11.5 Å². The molecule has 8 nitrogen and oxygen atoms in total. The Labute approximate surface area is 286 Å². The molecule has 4 rings (SSSR count). The van der Waals surface area contributed by atoms with Crippen molar-refractivity contribution in [2.24, 2.45) is 16.9 Å². The Bertz CT molecular complexity index is 1420. The van der Waals surface area contributed by atoms with Gasteiger partial charge in [0.1, 0.15) is 36.8 Å². The van der Waals surface area contributed by atoms with Crippen LogP contribution in [0.15, 0.2) is 103 Å². The number of carboxylic acids is 1. The van der Waals surface area contributed by atoms with Crippen LogP contribution < -0.4 is 20.9 Å². The highest BCUT2D eigenvalue weighted by atomic mass is 16.5. The van der Waals surface area contributed by atoms with Crippen LogP contribution in [0, 0.1) is 5.41 Å². The van der Waals surface area contributed by atoms with Gasteiger partial charge in [0.2, 0.25) is 0 Å². The Hall–Kier alpha value is -4.40. The molecule has 0 saturated heterocycles. The van der Waals surface area contributed by atoms with Crippen LogP contribution in [0.2, 0.25) is 0 Å². The van der Waals surface area contributed by atoms with Crippen molar-refractivity contribution < 1.29 is 28.9 Å². The van der Waals surface area contributed by atoms with Crippen molar-refractivity contribution in [2.45, 2.75) is 85.4 Å². The Morgan fingerprint density at radius 1 is 0.792 bits per heavy atom. The fraction of sp³-hybridized carbons (Fsp3) is 0.400. The van der Waals surface area contributed by atoms with Gasteiger partial charge in [0.25, 0.3) is 0 Å². The molecule has 5 N–H and O–H groups in total. The molecule has 48 heavy (non-hydrogen) atoms. The van der Waals surface area contributed by atoms with Crippen molar-refractivity contribution in [3.63, 3.8) is 0 Å². The number of aliphatic carboxylic acids is 1. The molecule has 0 amide bonds. The lowest BCUT2D eigenvalue weighted by molar-refractivity contribution is -0.148. The third kappa shape index (κ3) is 15.5. The molecule has 0 bridgehead atoms. The van der Waals surface area contributed by atoms with Crippen molar-refractivity contribution in [1.82, 2.24) is 0 Å². The first-order chi connectivity index (χ1) is 23.0. The minimum Gasteiger partial charge on any atom is -0.489 e. The summed E-state index contributed by atoms with van der Waals surface area (Å²) in [6.45, 7) is 11.7. The zero-order chi connectivity index (χ0) is 35.4. The molecule has 0 spiro atoms. The summed E-state index contributed by atoms with van der Waals surface area (Å²) in [7, 11) is 0. The SMILES string of the molecule is CC.CCC(C)(C)COC(=O)C(N)Cc1ccc(OCC2=CC=CCC2)cc1.NC(Cc1ccc(OCc2ccccc2)cc1)C(=O)O. The maximum Gasteiger partial charge on any atom is 0.323 e. The number of ether oxygens (including phenoxy) is 3. The smallest absolute Gasteiger partial charge is 0.323 e. The van der Waals surface area contributed by atoms with Crippen LogP contribution in [-0.4, -0.2) is 42.3 Å². The first kappa shape index (κ1) is 39.8. The zero-order valence-corrected chi connectivity index (χ0v) is 29.2. The molecule has 0 heterocycles. The highest BCUT2D eigenvalue weighted by Gasteiger charge is 2.21. The van der Waals surface area contributed by atoms with Crippen molar-refractivity contribution in [2.75, 3.05) is 13.2 Å². The largest absolute Gasteiger partial charge is 0.489 e. The number of allylic oxidation sites excluding steroid dienone is 3. The molecule has 0 aliphatic heterocycles. The third-order valence-electron chi connectivity index (χ3n) is 7.71. The van der Waals surface area contributed by atoms with Crippen molar-refractivity contribution in [3.05, 3.63) is 119 Å². The molecule has 8 heteroatoms. The van der Waals surface area contributed by atoms with Gasteiger partial charge in [-0.25, -0.2) is 0 Å². The fourth-order valence-corrected chi connectivity index (χ4v) is 4.29. The van der Waals surface area contributed by atoms with Gasteiger partial charge in [0, 0.05) is 0 Å². The van der Waals surface area contributed by atoms with Crippen LogP contribution in [0.4, 0.5) is 0 Å². The van der Waals surface area contributed by atoms with Gasteiger partial charge in [-0.1, -0.05) is 107 Å². The number of carbonyl (C=O) groups is 2. The van der Waals surface area contributed by atoms with Gasteiger partial charge in [0.05, 0.1) is 6.61 Å². The van der Waals surface area contributed by atoms with Gasteiger partial charge in [-0.3, -0.25) is 9.59 Å². The lowest BCUT2D eigenvalue weighted by atomic mass is 9.92. The van der Waals surface area contributed by atoms with E-state index in [-0.39, 0.29) is 11.4 Å². The Balaban J connectivity index is 0.000000327. The van der Waals surface area contributed by atoms with Crippen molar-refractivity contribution >= 4 is 11.9 Å². The predicted molar refractivity (Wildman–Crippen MR) is 193 cm³/mol. The van der Waals surface area contributed by atoms with E-state index in [1.807, 2.05) is 92.7 Å². The van der Waals surface area contributed by atoms with Crippen LogP contribution in [-0.2, 0) is 33.8 Å². The number of benzene rings is 3. The molecule has 0 aromatic heterocycles. The van der Waals surface area contributed by atoms with E-state index in [9.17, 15) is 9.59 Å². The Morgan fingerprint density at radius 3 is 1.83 bits per heavy atom. The standard InChI is InChI=1S/C22H31NO3.C16H17NO3.C2H6/c1-4-22(2,3)16-26-21(24)20(23)14-17-10-12-19(13-11-17)25-15-18-8-6-5-7-9-18;17-15(16(18)19)10-12-6-8-14(9-7-12)20-11-13-4-2-1-3-5-13;1-2/h5-6,8,10-13,20H,4,7,9,14-16,23H2,1-3H3;1-9,15H,10-11,17H2,(H,18,19);1-2H3. The molecule has 0 saturated carbocycles. The average Bonchev–Trinajstić information content (AvgIpc) is 3.12. The van der Waals surface area contributed by atoms with Crippen LogP contribution in [0.1, 0.15) is 70.6 Å². The number of nitrogens with two attached hydrogens (primary N) is 2. The summed E-state index contributed by atoms with van der Waals surface area (Å²) in [5.41, 5.74) is 15.8. The molecule has 2 unspecified atom stereocenters. The normalized spacial score (nSPS) is 13.4. The quantitative estimate of drug-likeness (QED) is 0.144. The summed E-state index contributed by atoms with van der Waals surface area (Å²) in [5.74, 6) is 0.241. The number of hydrogen-bond acceptors (Lipinski definition) is 7. The van der Waals surface area contributed by atoms with Gasteiger partial charge in [-0.05, 0) is 84.0 Å². The lowest BCUT2D eigenvalue weighted by Crippen LogP contribution is -2.36. The maximum absolute atomic E-state index is 12.1. The van der Waals surface area contributed by atoms with E-state index < -0.39 is 18.1 Å². The molecule has 0 fully saturated rings. The van der Waals surface area contributed by atoms with E-state index in [0.29, 0.717) is 32.7 Å². The molecule has 3 aromatic rings. The first-order valence-electron chi connectivity index (χ1n) is 16.8. The minimum atomic E-state index is -0.991. The number of carbonyl (C=O) groups excluding carboxylic acids is 1. The average molecular weight is 659 g/mol. The van der Waals surface area contributed by atoms with Gasteiger partial charge < -0.3 is 30.8 Å². The van der Waals surface area contributed by atoms with E-state index in [0.717, 1.165) is 47.5 Å². The topological polar surface area (TPSA) is 134 Å². The third-order valence-corrected chi connectivity index (χ3v) is 7.71. The van der Waals surface area contributed by atoms with Crippen LogP contribution in [0.25, 0.3) is 0 Å². The van der Waals surface area contributed by atoms with Crippen LogP contribution in [0.3, 0.4) is 0 Å². The molecular weight excluding hydrogens is 604 g/mol. The van der Waals surface area contributed by atoms with Gasteiger partial charge in [-0.15, -0.1) is 0 Å². The fourth-order valence-electron chi connectivity index (χ4n) is 4.29. The molecule has 1 aliphatic carbocycles. The molecular formula is C40H54N2O6. The predicted octanol–water partition coefficient (Wildman–Crippen LogP) is 7.44. The summed E-state index contributed by atoms with van der Waals surface area (Å²) < 4.78 is 16.8. The Kier molecular flexibility index (Phi) is 17.8. The molecule has 2 atom stereocenters. The second-order valence-electron chi connectivity index (χ2n) is 12.2. The molecule has 3 aromatic carbocycles. The Morgan fingerprint density at radius 2 is 1.33 bits per heavy atom. The monoisotopic (exact) mass is 658 g/mol. The van der Waals surface area contributed by atoms with E-state index in [2.05, 4.69) is 39.0 Å². The summed E-state index contributed by atoms with van der Waals surface area (Å²) in [5, 5.41) is 8.76. The van der Waals surface area contributed by atoms with E-state index in [1.165, 1.54) is 5.57 Å². The summed E-state index contributed by atoms with van der Waals surface area (Å²) in [6, 6.07) is 23.5. The highest BCUT2D eigenvalue weighted by molar-refractivity contribution is 5.76. The van der Waals surface area contributed by atoms with E-state index in [1.54, 1.807) is 0 Å². The van der Waals surface area contributed by atoms with Gasteiger partial charge >= 0.3 is 11.9 Å². The second kappa shape index (κ2) is 21.5. The minimum absolute atomic E-state index is 0.0159. The van der Waals surface area contributed by atoms with Gasteiger partial charge in [-0.2, -0.15) is 0 Å². The summed E-state index contributed by atoms with van der Waals surface area (Å²) in [4.78, 5) is 22.8. The molecule has 1 aliphatic rings. The van der Waals surface area contributed by atoms with E-state index >= 15 is 0 Å². The van der Waals surface area contributed by atoms with E-state index in [4.69, 9.17) is 30.8 Å². The summed E-state index contributed by atoms with van der Waals surface area (Å²) >= 11 is 0. The van der Waals surface area contributed by atoms with Crippen LogP contribution >= 0.6 is 0 Å². The number of rotatable bonds is 15. The number of carboxylic acid groups (broad SMARTS) is 1. The highest BCUT2D eigenvalue weighted by Crippen LogP contribution is 2.21. The van der Waals surface area contributed by atoms with Crippen LogP contribution in [0.5, 0.6) is 11.5 Å². The number of hydrogen-bond donors (Lipinski definition) is 3.